The van der Waals surface area contributed by atoms with Crippen LogP contribution in [-0.4, -0.2) is 36.6 Å². The second-order valence-corrected chi connectivity index (χ2v) is 7.67. The van der Waals surface area contributed by atoms with Gasteiger partial charge in [-0.1, -0.05) is 48.0 Å². The number of para-hydroxylation sites is 1. The number of carbonyl (C=O) groups is 2. The highest BCUT2D eigenvalue weighted by molar-refractivity contribution is 6.30. The van der Waals surface area contributed by atoms with Crippen molar-refractivity contribution in [2.24, 2.45) is 5.10 Å². The normalized spacial score (nSPS) is 15.2. The molecule has 3 aromatic rings. The summed E-state index contributed by atoms with van der Waals surface area (Å²) in [5.41, 5.74) is 3.00. The number of hydrogen-bond donors (Lipinski definition) is 0. The van der Waals surface area contributed by atoms with Gasteiger partial charge in [-0.15, -0.1) is 0 Å². The molecule has 0 fully saturated rings. The lowest BCUT2D eigenvalue weighted by atomic mass is 9.98. The minimum Gasteiger partial charge on any atom is -0.497 e. The summed E-state index contributed by atoms with van der Waals surface area (Å²) in [6.07, 6.45) is 1.25. The lowest BCUT2D eigenvalue weighted by Gasteiger charge is -2.22. The number of nitrogens with zero attached hydrogens (tertiary/aromatic N) is 2. The van der Waals surface area contributed by atoms with Crippen LogP contribution in [0, 0.1) is 0 Å². The molecule has 1 unspecified atom stereocenters. The maximum absolute atomic E-state index is 13.1. The van der Waals surface area contributed by atoms with Gasteiger partial charge in [-0.3, -0.25) is 9.59 Å². The van der Waals surface area contributed by atoms with Crippen molar-refractivity contribution in [2.45, 2.75) is 12.5 Å². The van der Waals surface area contributed by atoms with E-state index in [1.165, 1.54) is 5.01 Å². The van der Waals surface area contributed by atoms with Crippen LogP contribution < -0.4 is 9.47 Å². The van der Waals surface area contributed by atoms with Crippen molar-refractivity contribution < 1.29 is 19.1 Å². The Morgan fingerprint density at radius 2 is 1.81 bits per heavy atom. The number of hydrazone groups is 1. The van der Waals surface area contributed by atoms with Gasteiger partial charge in [0.1, 0.15) is 11.5 Å². The first-order valence-electron chi connectivity index (χ1n) is 10.1. The molecule has 4 rings (SSSR count). The molecule has 1 aliphatic heterocycles. The Kier molecular flexibility index (Phi) is 6.52. The molecule has 1 aliphatic rings. The topological polar surface area (TPSA) is 68.2 Å². The molecule has 1 amide bonds. The van der Waals surface area contributed by atoms with Crippen molar-refractivity contribution in [1.82, 2.24) is 5.01 Å². The van der Waals surface area contributed by atoms with Gasteiger partial charge in [-0.05, 0) is 47.5 Å². The average molecular weight is 449 g/mol. The van der Waals surface area contributed by atoms with Crippen LogP contribution in [0.4, 0.5) is 0 Å². The number of carbonyl (C=O) groups excluding carboxylic acids is 2. The van der Waals surface area contributed by atoms with E-state index in [-0.39, 0.29) is 18.6 Å². The summed E-state index contributed by atoms with van der Waals surface area (Å²) in [6, 6.07) is 21.4. The molecular formula is C25H21ClN2O4. The molecule has 6 nitrogen and oxygen atoms in total. The van der Waals surface area contributed by atoms with Crippen molar-refractivity contribution in [3.8, 4) is 11.5 Å². The molecular weight excluding hydrogens is 428 g/mol. The molecule has 0 bridgehead atoms. The third-order valence-electron chi connectivity index (χ3n) is 5.24. The first kappa shape index (κ1) is 21.6. The van der Waals surface area contributed by atoms with Gasteiger partial charge in [0.25, 0.3) is 5.91 Å². The summed E-state index contributed by atoms with van der Waals surface area (Å²) in [7, 11) is 1.61. The molecule has 0 saturated carbocycles. The Labute approximate surface area is 191 Å². The maximum atomic E-state index is 13.1. The highest BCUT2D eigenvalue weighted by Crippen LogP contribution is 2.34. The molecule has 3 aromatic carbocycles. The van der Waals surface area contributed by atoms with Crippen LogP contribution in [0.3, 0.4) is 0 Å². The largest absolute Gasteiger partial charge is 0.497 e. The van der Waals surface area contributed by atoms with E-state index in [1.807, 2.05) is 36.4 Å². The molecule has 32 heavy (non-hydrogen) atoms. The van der Waals surface area contributed by atoms with Crippen LogP contribution in [0.15, 0.2) is 77.9 Å². The molecule has 0 saturated heterocycles. The van der Waals surface area contributed by atoms with Gasteiger partial charge >= 0.3 is 0 Å². The summed E-state index contributed by atoms with van der Waals surface area (Å²) in [4.78, 5) is 24.3. The second kappa shape index (κ2) is 9.66. The monoisotopic (exact) mass is 448 g/mol. The molecule has 7 heteroatoms. The maximum Gasteiger partial charge on any atom is 0.281 e. The van der Waals surface area contributed by atoms with Gasteiger partial charge in [0, 0.05) is 11.4 Å². The summed E-state index contributed by atoms with van der Waals surface area (Å²) in [5, 5.41) is 6.71. The summed E-state index contributed by atoms with van der Waals surface area (Å²) in [6.45, 7) is -0.241. The molecule has 0 aliphatic carbocycles. The first-order chi connectivity index (χ1) is 15.6. The van der Waals surface area contributed by atoms with Crippen LogP contribution in [0.25, 0.3) is 0 Å². The fourth-order valence-electron chi connectivity index (χ4n) is 3.56. The third kappa shape index (κ3) is 4.65. The number of halogens is 1. The van der Waals surface area contributed by atoms with E-state index in [0.29, 0.717) is 29.0 Å². The fraction of sp³-hybridized carbons (Fsp3) is 0.160. The molecule has 0 aromatic heterocycles. The van der Waals surface area contributed by atoms with Crippen molar-refractivity contribution in [2.75, 3.05) is 13.7 Å². The van der Waals surface area contributed by atoms with E-state index >= 15 is 0 Å². The predicted octanol–water partition coefficient (Wildman–Crippen LogP) is 4.92. The molecule has 1 atom stereocenters. The Hall–Kier alpha value is -3.64. The predicted molar refractivity (Wildman–Crippen MR) is 123 cm³/mol. The number of aldehydes is 1. The van der Waals surface area contributed by atoms with Gasteiger partial charge in [-0.2, -0.15) is 5.10 Å². The van der Waals surface area contributed by atoms with Crippen molar-refractivity contribution in [1.29, 1.82) is 0 Å². The van der Waals surface area contributed by atoms with Crippen LogP contribution in [0.5, 0.6) is 11.5 Å². The van der Waals surface area contributed by atoms with E-state index in [0.717, 1.165) is 22.6 Å². The molecule has 0 N–H and O–H groups in total. The van der Waals surface area contributed by atoms with Crippen LogP contribution in [0.2, 0.25) is 5.02 Å². The number of benzene rings is 3. The SMILES string of the molecule is COc1ccc(C2CC(c3ccc(Cl)cc3)=NN2C(=O)COc2ccccc2C=O)cc1. The van der Waals surface area contributed by atoms with E-state index in [9.17, 15) is 9.59 Å². The molecule has 0 spiro atoms. The zero-order valence-electron chi connectivity index (χ0n) is 17.4. The van der Waals surface area contributed by atoms with Gasteiger partial charge in [0.15, 0.2) is 12.9 Å². The van der Waals surface area contributed by atoms with Crippen molar-refractivity contribution >= 4 is 29.5 Å². The molecule has 0 radical (unpaired) electrons. The minimum atomic E-state index is -0.310. The summed E-state index contributed by atoms with van der Waals surface area (Å²) >= 11 is 6.02. The summed E-state index contributed by atoms with van der Waals surface area (Å²) < 4.78 is 10.9. The number of ether oxygens (including phenoxy) is 2. The number of hydrogen-bond acceptors (Lipinski definition) is 5. The van der Waals surface area contributed by atoms with Crippen LogP contribution >= 0.6 is 11.6 Å². The third-order valence-corrected chi connectivity index (χ3v) is 5.49. The standard InChI is InChI=1S/C25H21ClN2O4/c1-31-21-12-8-18(9-13-21)23-14-22(17-6-10-20(26)11-7-17)27-28(23)25(30)16-32-24-5-3-2-4-19(24)15-29/h2-13,15,23H,14,16H2,1H3. The Morgan fingerprint density at radius 1 is 1.09 bits per heavy atom. The van der Waals surface area contributed by atoms with Gasteiger partial charge in [-0.25, -0.2) is 5.01 Å². The zero-order chi connectivity index (χ0) is 22.5. The lowest BCUT2D eigenvalue weighted by Crippen LogP contribution is -2.31. The highest BCUT2D eigenvalue weighted by Gasteiger charge is 2.33. The molecule has 1 heterocycles. The first-order valence-corrected chi connectivity index (χ1v) is 10.4. The van der Waals surface area contributed by atoms with E-state index in [1.54, 1.807) is 43.5 Å². The van der Waals surface area contributed by atoms with E-state index in [4.69, 9.17) is 21.1 Å². The smallest absolute Gasteiger partial charge is 0.281 e. The zero-order valence-corrected chi connectivity index (χ0v) is 18.2. The average Bonchev–Trinajstić information content (AvgIpc) is 3.29. The van der Waals surface area contributed by atoms with Gasteiger partial charge < -0.3 is 9.47 Å². The Balaban J connectivity index is 1.59. The highest BCUT2D eigenvalue weighted by atomic mass is 35.5. The van der Waals surface area contributed by atoms with Crippen molar-refractivity contribution in [3.63, 3.8) is 0 Å². The number of methoxy groups -OCH3 is 1. The van der Waals surface area contributed by atoms with E-state index in [2.05, 4.69) is 5.10 Å². The number of amides is 1. The Bertz CT molecular complexity index is 1140. The number of rotatable bonds is 7. The fourth-order valence-corrected chi connectivity index (χ4v) is 3.68. The van der Waals surface area contributed by atoms with E-state index < -0.39 is 0 Å². The van der Waals surface area contributed by atoms with Gasteiger partial charge in [0.2, 0.25) is 0 Å². The summed E-state index contributed by atoms with van der Waals surface area (Å²) in [5.74, 6) is 0.783. The Morgan fingerprint density at radius 3 is 2.50 bits per heavy atom. The van der Waals surface area contributed by atoms with Gasteiger partial charge in [0.05, 0.1) is 24.4 Å². The molecule has 162 valence electrons. The second-order valence-electron chi connectivity index (χ2n) is 7.23. The van der Waals surface area contributed by atoms with Crippen molar-refractivity contribution in [3.05, 3.63) is 94.5 Å². The van der Waals surface area contributed by atoms with Crippen LogP contribution in [-0.2, 0) is 4.79 Å². The lowest BCUT2D eigenvalue weighted by molar-refractivity contribution is -0.135. The van der Waals surface area contributed by atoms with Crippen LogP contribution in [0.1, 0.15) is 33.9 Å². The minimum absolute atomic E-state index is 0.241. The quantitative estimate of drug-likeness (QED) is 0.481.